The maximum Gasteiger partial charge on any atom is 0.242 e. The molecule has 1 saturated heterocycles. The van der Waals surface area contributed by atoms with E-state index in [0.717, 1.165) is 5.56 Å². The molecule has 6 heteroatoms. The minimum atomic E-state index is -3.38. The van der Waals surface area contributed by atoms with Crippen LogP contribution in [0.25, 0.3) is 0 Å². The number of hydrogen-bond acceptors (Lipinski definition) is 4. The standard InChI is InChI=1S/C13H20N2O3S/c1-13(16)9-15(10-13)8-11-5-4-6-12(7-11)19(17,18)14(2)3/h4-7,16H,8-10H2,1-3H3. The monoisotopic (exact) mass is 284 g/mol. The van der Waals surface area contributed by atoms with Crippen LogP contribution in [0.3, 0.4) is 0 Å². The maximum absolute atomic E-state index is 12.0. The molecule has 0 bridgehead atoms. The van der Waals surface area contributed by atoms with Gasteiger partial charge in [0, 0.05) is 33.7 Å². The predicted molar refractivity (Wildman–Crippen MR) is 73.2 cm³/mol. The highest BCUT2D eigenvalue weighted by molar-refractivity contribution is 7.89. The van der Waals surface area contributed by atoms with Crippen molar-refractivity contribution in [3.05, 3.63) is 29.8 Å². The summed E-state index contributed by atoms with van der Waals surface area (Å²) in [6, 6.07) is 6.96. The van der Waals surface area contributed by atoms with Gasteiger partial charge in [0.2, 0.25) is 10.0 Å². The van der Waals surface area contributed by atoms with Gasteiger partial charge >= 0.3 is 0 Å². The van der Waals surface area contributed by atoms with Crippen molar-refractivity contribution in [1.29, 1.82) is 0 Å². The van der Waals surface area contributed by atoms with Crippen LogP contribution in [-0.4, -0.2) is 55.5 Å². The van der Waals surface area contributed by atoms with Crippen LogP contribution in [0.2, 0.25) is 0 Å². The Balaban J connectivity index is 2.13. The quantitative estimate of drug-likeness (QED) is 0.875. The molecule has 2 rings (SSSR count). The third-order valence-corrected chi connectivity index (χ3v) is 5.02. The van der Waals surface area contributed by atoms with E-state index in [0.29, 0.717) is 24.5 Å². The van der Waals surface area contributed by atoms with E-state index in [1.165, 1.54) is 18.4 Å². The summed E-state index contributed by atoms with van der Waals surface area (Å²) in [5.74, 6) is 0. The van der Waals surface area contributed by atoms with Gasteiger partial charge in [-0.1, -0.05) is 12.1 Å². The molecule has 0 aliphatic carbocycles. The summed E-state index contributed by atoms with van der Waals surface area (Å²) in [4.78, 5) is 2.39. The molecule has 1 fully saturated rings. The van der Waals surface area contributed by atoms with Gasteiger partial charge in [-0.25, -0.2) is 12.7 Å². The summed E-state index contributed by atoms with van der Waals surface area (Å²) < 4.78 is 25.3. The number of sulfonamides is 1. The molecule has 0 saturated carbocycles. The summed E-state index contributed by atoms with van der Waals surface area (Å²) in [5, 5.41) is 9.67. The molecule has 19 heavy (non-hydrogen) atoms. The minimum Gasteiger partial charge on any atom is -0.388 e. The number of benzene rings is 1. The van der Waals surface area contributed by atoms with Gasteiger partial charge in [0.15, 0.2) is 0 Å². The number of likely N-dealkylation sites (tertiary alicyclic amines) is 1. The minimum absolute atomic E-state index is 0.308. The molecular weight excluding hydrogens is 264 g/mol. The lowest BCUT2D eigenvalue weighted by Gasteiger charge is -2.44. The first-order valence-electron chi connectivity index (χ1n) is 6.17. The highest BCUT2D eigenvalue weighted by Crippen LogP contribution is 2.23. The largest absolute Gasteiger partial charge is 0.388 e. The fraction of sp³-hybridized carbons (Fsp3) is 0.538. The average Bonchev–Trinajstić information content (AvgIpc) is 2.26. The first-order chi connectivity index (χ1) is 8.71. The lowest BCUT2D eigenvalue weighted by Crippen LogP contribution is -2.59. The molecule has 5 nitrogen and oxygen atoms in total. The Morgan fingerprint density at radius 3 is 2.53 bits per heavy atom. The van der Waals surface area contributed by atoms with Crippen molar-refractivity contribution in [2.45, 2.75) is 24.0 Å². The molecule has 0 unspecified atom stereocenters. The number of hydrogen-bond donors (Lipinski definition) is 1. The van der Waals surface area contributed by atoms with Crippen LogP contribution in [-0.2, 0) is 16.6 Å². The Kier molecular flexibility index (Phi) is 3.70. The summed E-state index contributed by atoms with van der Waals surface area (Å²) in [6.45, 7) is 3.71. The molecule has 1 aliphatic heterocycles. The van der Waals surface area contributed by atoms with E-state index in [-0.39, 0.29) is 0 Å². The van der Waals surface area contributed by atoms with E-state index in [4.69, 9.17) is 0 Å². The molecule has 0 aromatic heterocycles. The zero-order valence-corrected chi connectivity index (χ0v) is 12.3. The number of β-amino-alcohol motifs (C(OH)–C–C–N with tert-alkyl or cyclic N) is 1. The van der Waals surface area contributed by atoms with E-state index >= 15 is 0 Å². The van der Waals surface area contributed by atoms with Crippen molar-refractivity contribution in [3.63, 3.8) is 0 Å². The summed E-state index contributed by atoms with van der Waals surface area (Å²) in [6.07, 6.45) is 0. The summed E-state index contributed by atoms with van der Waals surface area (Å²) in [7, 11) is -0.336. The van der Waals surface area contributed by atoms with Gasteiger partial charge in [-0.15, -0.1) is 0 Å². The van der Waals surface area contributed by atoms with Gasteiger partial charge in [-0.3, -0.25) is 4.90 Å². The van der Waals surface area contributed by atoms with Crippen molar-refractivity contribution in [2.75, 3.05) is 27.2 Å². The molecule has 1 heterocycles. The van der Waals surface area contributed by atoms with E-state index in [1.807, 2.05) is 6.07 Å². The van der Waals surface area contributed by atoms with Crippen LogP contribution in [0, 0.1) is 0 Å². The van der Waals surface area contributed by atoms with Crippen molar-refractivity contribution >= 4 is 10.0 Å². The van der Waals surface area contributed by atoms with Crippen molar-refractivity contribution in [1.82, 2.24) is 9.21 Å². The second kappa shape index (κ2) is 4.86. The van der Waals surface area contributed by atoms with E-state index < -0.39 is 15.6 Å². The molecule has 0 atom stereocenters. The third kappa shape index (κ3) is 3.14. The highest BCUT2D eigenvalue weighted by Gasteiger charge is 2.36. The fourth-order valence-corrected chi connectivity index (χ4v) is 3.27. The van der Waals surface area contributed by atoms with Crippen LogP contribution < -0.4 is 0 Å². The van der Waals surface area contributed by atoms with Crippen molar-refractivity contribution < 1.29 is 13.5 Å². The summed E-state index contributed by atoms with van der Waals surface area (Å²) >= 11 is 0. The zero-order valence-electron chi connectivity index (χ0n) is 11.5. The smallest absolute Gasteiger partial charge is 0.242 e. The van der Waals surface area contributed by atoms with Gasteiger partial charge in [0.25, 0.3) is 0 Å². The van der Waals surface area contributed by atoms with E-state index in [9.17, 15) is 13.5 Å². The Morgan fingerprint density at radius 1 is 1.37 bits per heavy atom. The van der Waals surface area contributed by atoms with E-state index in [1.54, 1.807) is 25.1 Å². The van der Waals surface area contributed by atoms with Gasteiger partial charge < -0.3 is 5.11 Å². The molecule has 1 aromatic rings. The predicted octanol–water partition coefficient (Wildman–Crippen LogP) is 0.504. The van der Waals surface area contributed by atoms with Gasteiger partial charge in [-0.2, -0.15) is 0 Å². The molecule has 1 aromatic carbocycles. The first-order valence-corrected chi connectivity index (χ1v) is 7.61. The highest BCUT2D eigenvalue weighted by atomic mass is 32.2. The zero-order chi connectivity index (χ0) is 14.3. The Morgan fingerprint density at radius 2 is 2.00 bits per heavy atom. The molecule has 0 radical (unpaired) electrons. The normalized spacial score (nSPS) is 19.4. The van der Waals surface area contributed by atoms with Crippen LogP contribution in [0.1, 0.15) is 12.5 Å². The first kappa shape index (κ1) is 14.5. The SMILES string of the molecule is CN(C)S(=O)(=O)c1cccc(CN2CC(C)(O)C2)c1. The van der Waals surface area contributed by atoms with E-state index in [2.05, 4.69) is 4.90 Å². The lowest BCUT2D eigenvalue weighted by molar-refractivity contribution is -0.0871. The second-order valence-electron chi connectivity index (χ2n) is 5.58. The molecule has 0 amide bonds. The molecule has 1 N–H and O–H groups in total. The number of rotatable bonds is 4. The maximum atomic E-state index is 12.0. The Labute approximate surface area is 114 Å². The van der Waals surface area contributed by atoms with Gasteiger partial charge in [0.1, 0.15) is 0 Å². The lowest BCUT2D eigenvalue weighted by atomic mass is 9.96. The molecule has 0 spiro atoms. The Hall–Kier alpha value is -0.950. The molecule has 1 aliphatic rings. The van der Waals surface area contributed by atoms with Crippen molar-refractivity contribution in [3.8, 4) is 0 Å². The Bertz CT molecular complexity index is 559. The van der Waals surface area contributed by atoms with Crippen LogP contribution >= 0.6 is 0 Å². The van der Waals surface area contributed by atoms with Gasteiger partial charge in [0.05, 0.1) is 10.5 Å². The third-order valence-electron chi connectivity index (χ3n) is 3.21. The van der Waals surface area contributed by atoms with Crippen LogP contribution in [0.4, 0.5) is 0 Å². The molecule has 106 valence electrons. The van der Waals surface area contributed by atoms with Crippen LogP contribution in [0.15, 0.2) is 29.2 Å². The topological polar surface area (TPSA) is 60.9 Å². The number of aliphatic hydroxyl groups is 1. The molecular formula is C13H20N2O3S. The summed E-state index contributed by atoms with van der Waals surface area (Å²) in [5.41, 5.74) is 0.339. The second-order valence-corrected chi connectivity index (χ2v) is 7.73. The number of nitrogens with zero attached hydrogens (tertiary/aromatic N) is 2. The van der Waals surface area contributed by atoms with Gasteiger partial charge in [-0.05, 0) is 24.6 Å². The average molecular weight is 284 g/mol. The van der Waals surface area contributed by atoms with Crippen LogP contribution in [0.5, 0.6) is 0 Å². The fourth-order valence-electron chi connectivity index (χ4n) is 2.30. The van der Waals surface area contributed by atoms with Crippen molar-refractivity contribution in [2.24, 2.45) is 0 Å².